The molecule has 19 heavy (non-hydrogen) atoms. The minimum Gasteiger partial charge on any atom is -0.359 e. The quantitative estimate of drug-likeness (QED) is 0.690. The molecule has 0 aliphatic carbocycles. The van der Waals surface area contributed by atoms with E-state index in [4.69, 9.17) is 0 Å². The fraction of sp³-hybridized carbons (Fsp3) is 1.00. The van der Waals surface area contributed by atoms with Gasteiger partial charge in [0.25, 0.3) is 0 Å². The minimum absolute atomic E-state index is 0.461. The van der Waals surface area contributed by atoms with Crippen molar-refractivity contribution in [1.82, 2.24) is 5.32 Å². The van der Waals surface area contributed by atoms with E-state index in [9.17, 15) is 26.3 Å². The van der Waals surface area contributed by atoms with E-state index >= 15 is 0 Å². The van der Waals surface area contributed by atoms with Gasteiger partial charge in [-0.2, -0.15) is 26.3 Å². The lowest BCUT2D eigenvalue weighted by molar-refractivity contribution is -0.322. The van der Waals surface area contributed by atoms with Gasteiger partial charge in [-0.15, -0.1) is 0 Å². The van der Waals surface area contributed by atoms with Crippen LogP contribution >= 0.6 is 0 Å². The normalized spacial score (nSPS) is 15.0. The van der Waals surface area contributed by atoms with E-state index in [0.29, 0.717) is 19.4 Å². The van der Waals surface area contributed by atoms with Crippen LogP contribution in [0.2, 0.25) is 0 Å². The van der Waals surface area contributed by atoms with Crippen LogP contribution in [0.4, 0.5) is 26.3 Å². The van der Waals surface area contributed by atoms with Crippen molar-refractivity contribution in [3.8, 4) is 0 Å². The molecule has 0 saturated carbocycles. The number of nitrogens with one attached hydrogen (secondary N) is 1. The summed E-state index contributed by atoms with van der Waals surface area (Å²) in [7, 11) is 0. The van der Waals surface area contributed by atoms with Gasteiger partial charge < -0.3 is 10.1 Å². The Labute approximate surface area is 108 Å². The maximum absolute atomic E-state index is 12.2. The topological polar surface area (TPSA) is 21.3 Å². The highest BCUT2D eigenvalue weighted by Crippen LogP contribution is 2.35. The molecule has 0 fully saturated rings. The van der Waals surface area contributed by atoms with E-state index in [1.807, 2.05) is 6.92 Å². The Balaban J connectivity index is 4.50. The Morgan fingerprint density at radius 2 is 1.47 bits per heavy atom. The van der Waals surface area contributed by atoms with Crippen molar-refractivity contribution >= 4 is 0 Å². The smallest absolute Gasteiger partial charge is 0.359 e. The van der Waals surface area contributed by atoms with Crippen molar-refractivity contribution in [3.63, 3.8) is 0 Å². The molecule has 0 heterocycles. The molecule has 1 unspecified atom stereocenters. The maximum atomic E-state index is 12.2. The Hall–Kier alpha value is -0.500. The summed E-state index contributed by atoms with van der Waals surface area (Å²) < 4.78 is 77.5. The lowest BCUT2D eigenvalue weighted by Crippen LogP contribution is -2.47. The fourth-order valence-electron chi connectivity index (χ4n) is 1.53. The molecule has 0 bridgehead atoms. The van der Waals surface area contributed by atoms with Gasteiger partial charge in [0.05, 0.1) is 6.61 Å². The van der Waals surface area contributed by atoms with E-state index in [2.05, 4.69) is 10.1 Å². The molecule has 0 amide bonds. The van der Waals surface area contributed by atoms with Gasteiger partial charge in [0.2, 0.25) is 6.10 Å². The van der Waals surface area contributed by atoms with E-state index in [0.717, 1.165) is 6.42 Å². The molecule has 0 aliphatic rings. The second kappa shape index (κ2) is 7.94. The van der Waals surface area contributed by atoms with Crippen LogP contribution in [0, 0.1) is 0 Å². The third kappa shape index (κ3) is 7.61. The molecule has 116 valence electrons. The maximum Gasteiger partial charge on any atom is 0.423 e. The number of hydrogen-bond donors (Lipinski definition) is 1. The molecule has 1 N–H and O–H groups in total. The summed E-state index contributed by atoms with van der Waals surface area (Å²) in [5.74, 6) is 0. The molecule has 8 heteroatoms. The molecule has 0 aromatic heterocycles. The highest BCUT2D eigenvalue weighted by Gasteiger charge is 2.58. The molecule has 0 aliphatic heterocycles. The second-order valence-corrected chi connectivity index (χ2v) is 4.24. The van der Waals surface area contributed by atoms with Gasteiger partial charge in [-0.05, 0) is 19.4 Å². The Bertz CT molecular complexity index is 226. The largest absolute Gasteiger partial charge is 0.423 e. The summed E-state index contributed by atoms with van der Waals surface area (Å²) in [6, 6.07) is -0.503. The molecular formula is C11H19F6NO. The summed E-state index contributed by atoms with van der Waals surface area (Å²) in [6.07, 6.45) is -12.8. The van der Waals surface area contributed by atoms with Crippen LogP contribution in [0.1, 0.15) is 33.1 Å². The molecule has 0 aromatic rings. The molecule has 0 aromatic carbocycles. The standard InChI is InChI=1S/C11H19F6NO/c1-3-5-8(18-6-4-2)7-19-9(10(12,13)14)11(15,16)17/h8-9,18H,3-7H2,1-2H3. The first-order chi connectivity index (χ1) is 8.62. The van der Waals surface area contributed by atoms with Crippen LogP contribution in [-0.2, 0) is 4.74 Å². The third-order valence-electron chi connectivity index (χ3n) is 2.38. The zero-order valence-electron chi connectivity index (χ0n) is 10.9. The number of rotatable bonds is 8. The molecule has 0 rings (SSSR count). The Kier molecular flexibility index (Phi) is 7.73. The zero-order valence-corrected chi connectivity index (χ0v) is 10.9. The Morgan fingerprint density at radius 3 is 1.84 bits per heavy atom. The van der Waals surface area contributed by atoms with Crippen molar-refractivity contribution in [2.45, 2.75) is 57.6 Å². The first-order valence-electron chi connectivity index (χ1n) is 6.11. The first-order valence-corrected chi connectivity index (χ1v) is 6.11. The molecule has 2 nitrogen and oxygen atoms in total. The van der Waals surface area contributed by atoms with Gasteiger partial charge in [0, 0.05) is 6.04 Å². The summed E-state index contributed by atoms with van der Waals surface area (Å²) in [4.78, 5) is 0. The lowest BCUT2D eigenvalue weighted by atomic mass is 10.2. The predicted octanol–water partition coefficient (Wildman–Crippen LogP) is 3.66. The van der Waals surface area contributed by atoms with Crippen LogP contribution in [-0.4, -0.2) is 37.7 Å². The van der Waals surface area contributed by atoms with E-state index in [-0.39, 0.29) is 0 Å². The molecule has 0 saturated heterocycles. The van der Waals surface area contributed by atoms with Crippen LogP contribution in [0.5, 0.6) is 0 Å². The van der Waals surface area contributed by atoms with Crippen molar-refractivity contribution in [2.75, 3.05) is 13.2 Å². The highest BCUT2D eigenvalue weighted by molar-refractivity contribution is 4.77. The predicted molar refractivity (Wildman–Crippen MR) is 58.8 cm³/mol. The van der Waals surface area contributed by atoms with Gasteiger partial charge in [0.1, 0.15) is 0 Å². The summed E-state index contributed by atoms with van der Waals surface area (Å²) in [5, 5.41) is 2.87. The average molecular weight is 295 g/mol. The van der Waals surface area contributed by atoms with E-state index in [1.54, 1.807) is 6.92 Å². The van der Waals surface area contributed by atoms with Crippen LogP contribution in [0.3, 0.4) is 0 Å². The average Bonchev–Trinajstić information content (AvgIpc) is 2.22. The summed E-state index contributed by atoms with van der Waals surface area (Å²) in [6.45, 7) is 3.56. The van der Waals surface area contributed by atoms with Crippen molar-refractivity contribution in [2.24, 2.45) is 0 Å². The van der Waals surface area contributed by atoms with Gasteiger partial charge in [-0.3, -0.25) is 0 Å². The van der Waals surface area contributed by atoms with Crippen LogP contribution in [0.25, 0.3) is 0 Å². The fourth-order valence-corrected chi connectivity index (χ4v) is 1.53. The highest BCUT2D eigenvalue weighted by atomic mass is 19.4. The molecule has 1 atom stereocenters. The summed E-state index contributed by atoms with van der Waals surface area (Å²) in [5.41, 5.74) is 0. The van der Waals surface area contributed by atoms with Gasteiger partial charge in [-0.1, -0.05) is 20.3 Å². The lowest BCUT2D eigenvalue weighted by Gasteiger charge is -2.26. The third-order valence-corrected chi connectivity index (χ3v) is 2.38. The van der Waals surface area contributed by atoms with Crippen LogP contribution in [0.15, 0.2) is 0 Å². The zero-order chi connectivity index (χ0) is 15.1. The van der Waals surface area contributed by atoms with Crippen LogP contribution < -0.4 is 5.32 Å². The number of alkyl halides is 6. The first kappa shape index (κ1) is 18.5. The Morgan fingerprint density at radius 1 is 0.947 bits per heavy atom. The SMILES string of the molecule is CCCNC(CCC)COC(C(F)(F)F)C(F)(F)F. The van der Waals surface area contributed by atoms with E-state index in [1.165, 1.54) is 0 Å². The number of halogens is 6. The van der Waals surface area contributed by atoms with Gasteiger partial charge in [-0.25, -0.2) is 0 Å². The van der Waals surface area contributed by atoms with E-state index < -0.39 is 31.1 Å². The molecule has 0 radical (unpaired) electrons. The number of ether oxygens (including phenoxy) is 1. The number of hydrogen-bond acceptors (Lipinski definition) is 2. The van der Waals surface area contributed by atoms with Crippen molar-refractivity contribution < 1.29 is 31.1 Å². The summed E-state index contributed by atoms with van der Waals surface area (Å²) >= 11 is 0. The molecular weight excluding hydrogens is 276 g/mol. The van der Waals surface area contributed by atoms with Crippen molar-refractivity contribution in [3.05, 3.63) is 0 Å². The second-order valence-electron chi connectivity index (χ2n) is 4.24. The van der Waals surface area contributed by atoms with Gasteiger partial charge >= 0.3 is 12.4 Å². The van der Waals surface area contributed by atoms with Gasteiger partial charge in [0.15, 0.2) is 0 Å². The minimum atomic E-state index is -5.44. The monoisotopic (exact) mass is 295 g/mol. The molecule has 0 spiro atoms. The van der Waals surface area contributed by atoms with Crippen molar-refractivity contribution in [1.29, 1.82) is 0 Å².